The fourth-order valence-corrected chi connectivity index (χ4v) is 4.83. The summed E-state index contributed by atoms with van der Waals surface area (Å²) in [6, 6.07) is 10.2. The van der Waals surface area contributed by atoms with E-state index in [2.05, 4.69) is 5.32 Å². The molecule has 0 spiro atoms. The van der Waals surface area contributed by atoms with Gasteiger partial charge in [-0.1, -0.05) is 42.1 Å². The van der Waals surface area contributed by atoms with Gasteiger partial charge in [-0.15, -0.1) is 11.3 Å². The molecular formula is C20H21N3O2S2. The van der Waals surface area contributed by atoms with Gasteiger partial charge in [-0.25, -0.2) is 4.98 Å². The maximum atomic E-state index is 13.2. The topological polar surface area (TPSA) is 64.0 Å². The number of hydrogen-bond donors (Lipinski definition) is 1. The molecule has 1 aliphatic carbocycles. The van der Waals surface area contributed by atoms with Crippen molar-refractivity contribution in [3.63, 3.8) is 0 Å². The minimum atomic E-state index is -0.0317. The third kappa shape index (κ3) is 3.94. The van der Waals surface area contributed by atoms with Crippen molar-refractivity contribution in [1.82, 2.24) is 14.9 Å². The van der Waals surface area contributed by atoms with Crippen LogP contribution in [0.4, 0.5) is 0 Å². The summed E-state index contributed by atoms with van der Waals surface area (Å²) in [5.41, 5.74) is 2.00. The summed E-state index contributed by atoms with van der Waals surface area (Å²) < 4.78 is 1.70. The molecule has 27 heavy (non-hydrogen) atoms. The molecule has 4 rings (SSSR count). The average Bonchev–Trinajstić information content (AvgIpc) is 3.42. The van der Waals surface area contributed by atoms with Crippen molar-refractivity contribution in [1.29, 1.82) is 0 Å². The molecule has 3 aromatic rings. The Balaban J connectivity index is 1.71. The number of aryl methyl sites for hydroxylation is 2. The molecule has 2 heterocycles. The van der Waals surface area contributed by atoms with Crippen molar-refractivity contribution in [2.75, 3.05) is 5.75 Å². The highest BCUT2D eigenvalue weighted by Crippen LogP contribution is 2.29. The summed E-state index contributed by atoms with van der Waals surface area (Å²) in [4.78, 5) is 31.9. The van der Waals surface area contributed by atoms with Crippen LogP contribution in [-0.4, -0.2) is 27.3 Å². The summed E-state index contributed by atoms with van der Waals surface area (Å²) in [5.74, 6) is 0.272. The van der Waals surface area contributed by atoms with Gasteiger partial charge in [0.05, 0.1) is 17.7 Å². The van der Waals surface area contributed by atoms with Crippen molar-refractivity contribution in [3.8, 4) is 0 Å². The Labute approximate surface area is 165 Å². The van der Waals surface area contributed by atoms with E-state index in [1.807, 2.05) is 44.2 Å². The van der Waals surface area contributed by atoms with Crippen LogP contribution in [0.2, 0.25) is 0 Å². The van der Waals surface area contributed by atoms with E-state index in [-0.39, 0.29) is 17.2 Å². The molecule has 0 aliphatic heterocycles. The molecule has 5 nitrogen and oxygen atoms in total. The maximum Gasteiger partial charge on any atom is 0.263 e. The number of thioether (sulfide) groups is 1. The number of nitrogens with zero attached hydrogens (tertiary/aromatic N) is 2. The lowest BCUT2D eigenvalue weighted by Gasteiger charge is -2.12. The van der Waals surface area contributed by atoms with Crippen LogP contribution in [0.3, 0.4) is 0 Å². The first-order chi connectivity index (χ1) is 13.0. The van der Waals surface area contributed by atoms with E-state index >= 15 is 0 Å². The molecule has 7 heteroatoms. The Morgan fingerprint density at radius 2 is 2.04 bits per heavy atom. The molecule has 1 aromatic carbocycles. The van der Waals surface area contributed by atoms with Crippen molar-refractivity contribution >= 4 is 39.2 Å². The van der Waals surface area contributed by atoms with Crippen LogP contribution in [0.25, 0.3) is 10.2 Å². The Morgan fingerprint density at radius 3 is 2.74 bits per heavy atom. The number of hydrogen-bond acceptors (Lipinski definition) is 5. The second-order valence-corrected chi connectivity index (χ2v) is 9.01. The molecule has 1 N–H and O–H groups in total. The molecule has 0 saturated heterocycles. The average molecular weight is 400 g/mol. The number of carbonyl (C=O) groups excluding carboxylic acids is 1. The second-order valence-electron chi connectivity index (χ2n) is 6.87. The summed E-state index contributed by atoms with van der Waals surface area (Å²) in [6.07, 6.45) is 2.13. The molecular weight excluding hydrogens is 378 g/mol. The predicted octanol–water partition coefficient (Wildman–Crippen LogP) is 3.49. The van der Waals surface area contributed by atoms with Gasteiger partial charge in [0.1, 0.15) is 4.83 Å². The first-order valence-corrected chi connectivity index (χ1v) is 10.8. The van der Waals surface area contributed by atoms with E-state index in [1.54, 1.807) is 4.57 Å². The Hall–Kier alpha value is -2.12. The summed E-state index contributed by atoms with van der Waals surface area (Å²) in [5, 5.41) is 4.28. The summed E-state index contributed by atoms with van der Waals surface area (Å²) in [6.45, 7) is 4.43. The van der Waals surface area contributed by atoms with E-state index < -0.39 is 0 Å². The van der Waals surface area contributed by atoms with Crippen molar-refractivity contribution < 1.29 is 4.79 Å². The summed E-state index contributed by atoms with van der Waals surface area (Å²) >= 11 is 2.87. The van der Waals surface area contributed by atoms with Crippen LogP contribution in [0, 0.1) is 13.8 Å². The number of nitrogens with one attached hydrogen (secondary N) is 1. The Bertz CT molecular complexity index is 1050. The fraction of sp³-hybridized carbons (Fsp3) is 0.350. The number of amides is 1. The quantitative estimate of drug-likeness (QED) is 0.509. The highest BCUT2D eigenvalue weighted by atomic mass is 32.2. The molecule has 2 aromatic heterocycles. The van der Waals surface area contributed by atoms with Gasteiger partial charge in [-0.2, -0.15) is 0 Å². The van der Waals surface area contributed by atoms with Gasteiger partial charge in [0.2, 0.25) is 5.91 Å². The fourth-order valence-electron chi connectivity index (χ4n) is 2.95. The standard InChI is InChI=1S/C20H21N3O2S2/c1-12-13(2)27-18-17(12)19(25)23(10-14-6-4-3-5-7-14)20(22-18)26-11-16(24)21-15-8-9-15/h3-7,15H,8-11H2,1-2H3,(H,21,24). The smallest absolute Gasteiger partial charge is 0.263 e. The van der Waals surface area contributed by atoms with Gasteiger partial charge in [0.25, 0.3) is 5.56 Å². The van der Waals surface area contributed by atoms with E-state index in [0.29, 0.717) is 23.1 Å². The van der Waals surface area contributed by atoms with Crippen LogP contribution < -0.4 is 10.9 Å². The molecule has 1 fully saturated rings. The van der Waals surface area contributed by atoms with Crippen molar-refractivity contribution in [3.05, 3.63) is 56.7 Å². The molecule has 0 bridgehead atoms. The van der Waals surface area contributed by atoms with E-state index in [4.69, 9.17) is 4.98 Å². The van der Waals surface area contributed by atoms with E-state index in [9.17, 15) is 9.59 Å². The second kappa shape index (κ2) is 7.48. The number of rotatable bonds is 6. The minimum absolute atomic E-state index is 0.00153. The van der Waals surface area contributed by atoms with Gasteiger partial charge < -0.3 is 5.32 Å². The zero-order chi connectivity index (χ0) is 19.0. The highest BCUT2D eigenvalue weighted by molar-refractivity contribution is 7.99. The van der Waals surface area contributed by atoms with Crippen LogP contribution >= 0.6 is 23.1 Å². The van der Waals surface area contributed by atoms with Crippen LogP contribution in [-0.2, 0) is 11.3 Å². The molecule has 1 aliphatic rings. The molecule has 1 saturated carbocycles. The number of carbonyl (C=O) groups is 1. The Morgan fingerprint density at radius 1 is 1.30 bits per heavy atom. The van der Waals surface area contributed by atoms with Crippen molar-refractivity contribution in [2.24, 2.45) is 0 Å². The van der Waals surface area contributed by atoms with Crippen LogP contribution in [0.1, 0.15) is 28.8 Å². The normalized spacial score (nSPS) is 13.9. The van der Waals surface area contributed by atoms with Gasteiger partial charge in [0.15, 0.2) is 5.16 Å². The lowest BCUT2D eigenvalue weighted by Crippen LogP contribution is -2.28. The van der Waals surface area contributed by atoms with Crippen LogP contribution in [0.5, 0.6) is 0 Å². The number of thiophene rings is 1. The predicted molar refractivity (Wildman–Crippen MR) is 111 cm³/mol. The lowest BCUT2D eigenvalue weighted by molar-refractivity contribution is -0.118. The zero-order valence-electron chi connectivity index (χ0n) is 15.3. The molecule has 0 unspecified atom stereocenters. The first kappa shape index (κ1) is 18.3. The molecule has 140 valence electrons. The minimum Gasteiger partial charge on any atom is -0.353 e. The SMILES string of the molecule is Cc1sc2nc(SCC(=O)NC3CC3)n(Cc3ccccc3)c(=O)c2c1C. The molecule has 0 atom stereocenters. The highest BCUT2D eigenvalue weighted by Gasteiger charge is 2.24. The van der Waals surface area contributed by atoms with Crippen LogP contribution in [0.15, 0.2) is 40.3 Å². The largest absolute Gasteiger partial charge is 0.353 e. The molecule has 1 amide bonds. The van der Waals surface area contributed by atoms with E-state index in [0.717, 1.165) is 33.7 Å². The molecule has 0 radical (unpaired) electrons. The Kier molecular flexibility index (Phi) is 5.06. The number of fused-ring (bicyclic) bond motifs is 1. The van der Waals surface area contributed by atoms with E-state index in [1.165, 1.54) is 23.1 Å². The summed E-state index contributed by atoms with van der Waals surface area (Å²) in [7, 11) is 0. The third-order valence-electron chi connectivity index (χ3n) is 4.71. The van der Waals surface area contributed by atoms with Gasteiger partial charge in [0, 0.05) is 10.9 Å². The van der Waals surface area contributed by atoms with Gasteiger partial charge >= 0.3 is 0 Å². The van der Waals surface area contributed by atoms with Gasteiger partial charge in [-0.3, -0.25) is 14.2 Å². The van der Waals surface area contributed by atoms with Gasteiger partial charge in [-0.05, 0) is 37.8 Å². The number of benzene rings is 1. The lowest BCUT2D eigenvalue weighted by atomic mass is 10.2. The maximum absolute atomic E-state index is 13.2. The zero-order valence-corrected chi connectivity index (χ0v) is 17.0. The number of aromatic nitrogens is 2. The monoisotopic (exact) mass is 399 g/mol. The van der Waals surface area contributed by atoms with Crippen molar-refractivity contribution in [2.45, 2.75) is 44.4 Å². The third-order valence-corrected chi connectivity index (χ3v) is 6.79. The first-order valence-electron chi connectivity index (χ1n) is 8.99.